The third-order valence-electron chi connectivity index (χ3n) is 4.07. The number of nitrogens with zero attached hydrogens (tertiary/aromatic N) is 1. The summed E-state index contributed by atoms with van der Waals surface area (Å²) < 4.78 is 31.8. The first-order valence-corrected chi connectivity index (χ1v) is 7.73. The second-order valence-corrected chi connectivity index (χ2v) is 5.68. The van der Waals surface area contributed by atoms with Crippen molar-refractivity contribution >= 4 is 5.91 Å². The predicted octanol–water partition coefficient (Wildman–Crippen LogP) is 3.35. The van der Waals surface area contributed by atoms with Crippen molar-refractivity contribution in [1.29, 1.82) is 0 Å². The minimum absolute atomic E-state index is 0.0449. The van der Waals surface area contributed by atoms with E-state index in [1.165, 1.54) is 6.07 Å². The summed E-state index contributed by atoms with van der Waals surface area (Å²) in [5.41, 5.74) is 0.474. The number of hydrogen-bond acceptors (Lipinski definition) is 3. The minimum Gasteiger partial charge on any atom is -0.454 e. The first kappa shape index (κ1) is 16.4. The molecule has 0 aromatic heterocycles. The van der Waals surface area contributed by atoms with Crippen molar-refractivity contribution in [2.75, 3.05) is 13.2 Å². The van der Waals surface area contributed by atoms with Crippen LogP contribution in [-0.4, -0.2) is 35.1 Å². The van der Waals surface area contributed by atoms with Crippen LogP contribution in [0.25, 0.3) is 0 Å². The van der Waals surface area contributed by atoms with Crippen molar-refractivity contribution in [1.82, 2.24) is 4.90 Å². The molecular formula is C18H17F2NO3. The van der Waals surface area contributed by atoms with E-state index < -0.39 is 11.6 Å². The average Bonchev–Trinajstić information content (AvgIpc) is 3.06. The topological polar surface area (TPSA) is 49.8 Å². The maximum atomic E-state index is 13.6. The fourth-order valence-corrected chi connectivity index (χ4v) is 2.81. The third-order valence-corrected chi connectivity index (χ3v) is 4.07. The third kappa shape index (κ3) is 3.38. The lowest BCUT2D eigenvalue weighted by atomic mass is 10.1. The molecule has 0 spiro atoms. The number of ether oxygens (including phenoxy) is 1. The SMILES string of the molecule is O=C(c1ccc(Oc2ccc(F)cc2F)cc1)N1CCC[C@@H]1CO. The molecule has 1 amide bonds. The molecule has 0 bridgehead atoms. The Balaban J connectivity index is 1.72. The lowest BCUT2D eigenvalue weighted by Gasteiger charge is -2.23. The van der Waals surface area contributed by atoms with Crippen LogP contribution < -0.4 is 4.74 Å². The molecule has 6 heteroatoms. The molecule has 0 unspecified atom stereocenters. The molecule has 1 heterocycles. The van der Waals surface area contributed by atoms with Crippen molar-refractivity contribution in [2.45, 2.75) is 18.9 Å². The lowest BCUT2D eigenvalue weighted by molar-refractivity contribution is 0.0677. The molecule has 24 heavy (non-hydrogen) atoms. The van der Waals surface area contributed by atoms with Gasteiger partial charge in [0.1, 0.15) is 11.6 Å². The maximum absolute atomic E-state index is 13.6. The van der Waals surface area contributed by atoms with Crippen LogP contribution in [0.5, 0.6) is 11.5 Å². The van der Waals surface area contributed by atoms with Gasteiger partial charge in [0.25, 0.3) is 5.91 Å². The number of hydrogen-bond donors (Lipinski definition) is 1. The maximum Gasteiger partial charge on any atom is 0.254 e. The van der Waals surface area contributed by atoms with Gasteiger partial charge in [0.05, 0.1) is 12.6 Å². The molecule has 1 saturated heterocycles. The largest absolute Gasteiger partial charge is 0.454 e. The van der Waals surface area contributed by atoms with E-state index in [9.17, 15) is 18.7 Å². The van der Waals surface area contributed by atoms with Gasteiger partial charge in [0.15, 0.2) is 11.6 Å². The number of carbonyl (C=O) groups excluding carboxylic acids is 1. The highest BCUT2D eigenvalue weighted by molar-refractivity contribution is 5.94. The molecule has 0 saturated carbocycles. The number of benzene rings is 2. The molecular weight excluding hydrogens is 316 g/mol. The summed E-state index contributed by atoms with van der Waals surface area (Å²) in [7, 11) is 0. The van der Waals surface area contributed by atoms with Crippen LogP contribution in [0.4, 0.5) is 8.78 Å². The fraction of sp³-hybridized carbons (Fsp3) is 0.278. The Morgan fingerprint density at radius 2 is 1.96 bits per heavy atom. The van der Waals surface area contributed by atoms with Gasteiger partial charge in [-0.3, -0.25) is 4.79 Å². The Labute approximate surface area is 138 Å². The summed E-state index contributed by atoms with van der Waals surface area (Å²) in [5.74, 6) is -1.36. The lowest BCUT2D eigenvalue weighted by Crippen LogP contribution is -2.37. The van der Waals surface area contributed by atoms with Gasteiger partial charge in [-0.2, -0.15) is 0 Å². The number of likely N-dealkylation sites (tertiary alicyclic amines) is 1. The summed E-state index contributed by atoms with van der Waals surface area (Å²) in [6.07, 6.45) is 1.68. The van der Waals surface area contributed by atoms with E-state index in [0.717, 1.165) is 25.0 Å². The van der Waals surface area contributed by atoms with Crippen LogP contribution in [0, 0.1) is 11.6 Å². The second-order valence-electron chi connectivity index (χ2n) is 5.68. The first-order chi connectivity index (χ1) is 11.6. The molecule has 1 aliphatic rings. The van der Waals surface area contributed by atoms with Gasteiger partial charge >= 0.3 is 0 Å². The molecule has 126 valence electrons. The Hall–Kier alpha value is -2.47. The van der Waals surface area contributed by atoms with Gasteiger partial charge in [0.2, 0.25) is 0 Å². The fourth-order valence-electron chi connectivity index (χ4n) is 2.81. The standard InChI is InChI=1S/C18H17F2NO3/c19-13-5-8-17(16(20)10-13)24-15-6-3-12(4-7-15)18(23)21-9-1-2-14(21)11-22/h3-8,10,14,22H,1-2,9,11H2/t14-/m1/s1. The average molecular weight is 333 g/mol. The summed E-state index contributed by atoms with van der Waals surface area (Å²) >= 11 is 0. The Morgan fingerprint density at radius 1 is 1.21 bits per heavy atom. The highest BCUT2D eigenvalue weighted by Crippen LogP contribution is 2.26. The van der Waals surface area contributed by atoms with Crippen LogP contribution in [0.3, 0.4) is 0 Å². The highest BCUT2D eigenvalue weighted by Gasteiger charge is 2.28. The predicted molar refractivity (Wildman–Crippen MR) is 84.0 cm³/mol. The Kier molecular flexibility index (Phi) is 4.76. The monoisotopic (exact) mass is 333 g/mol. The molecule has 0 aliphatic carbocycles. The Bertz CT molecular complexity index is 734. The van der Waals surface area contributed by atoms with E-state index in [-0.39, 0.29) is 24.3 Å². The van der Waals surface area contributed by atoms with Crippen molar-refractivity contribution < 1.29 is 23.4 Å². The number of amides is 1. The molecule has 2 aromatic rings. The molecule has 0 radical (unpaired) electrons. The highest BCUT2D eigenvalue weighted by atomic mass is 19.1. The van der Waals surface area contributed by atoms with E-state index >= 15 is 0 Å². The van der Waals surface area contributed by atoms with E-state index in [4.69, 9.17) is 4.74 Å². The summed E-state index contributed by atoms with van der Waals surface area (Å²) in [6.45, 7) is 0.583. The van der Waals surface area contributed by atoms with Gasteiger partial charge in [-0.15, -0.1) is 0 Å². The van der Waals surface area contributed by atoms with Crippen LogP contribution in [-0.2, 0) is 0 Å². The molecule has 1 atom stereocenters. The van der Waals surface area contributed by atoms with Gasteiger partial charge in [-0.1, -0.05) is 0 Å². The number of halogens is 2. The number of rotatable bonds is 4. The minimum atomic E-state index is -0.794. The van der Waals surface area contributed by atoms with Crippen LogP contribution in [0.1, 0.15) is 23.2 Å². The van der Waals surface area contributed by atoms with Crippen molar-refractivity contribution in [2.24, 2.45) is 0 Å². The van der Waals surface area contributed by atoms with Crippen molar-refractivity contribution in [3.8, 4) is 11.5 Å². The smallest absolute Gasteiger partial charge is 0.254 e. The molecule has 3 rings (SSSR count). The number of aliphatic hydroxyl groups excluding tert-OH is 1. The van der Waals surface area contributed by atoms with Gasteiger partial charge in [0, 0.05) is 18.2 Å². The van der Waals surface area contributed by atoms with Crippen LogP contribution >= 0.6 is 0 Å². The zero-order valence-electron chi connectivity index (χ0n) is 12.9. The molecule has 1 aliphatic heterocycles. The molecule has 1 N–H and O–H groups in total. The Morgan fingerprint density at radius 3 is 2.62 bits per heavy atom. The number of aliphatic hydroxyl groups is 1. The summed E-state index contributed by atoms with van der Waals surface area (Å²) in [4.78, 5) is 14.1. The normalized spacial score (nSPS) is 17.1. The molecule has 2 aromatic carbocycles. The van der Waals surface area contributed by atoms with Crippen molar-refractivity contribution in [3.05, 3.63) is 59.7 Å². The van der Waals surface area contributed by atoms with Crippen LogP contribution in [0.2, 0.25) is 0 Å². The molecule has 1 fully saturated rings. The summed E-state index contributed by atoms with van der Waals surface area (Å²) in [6, 6.07) is 9.22. The first-order valence-electron chi connectivity index (χ1n) is 7.73. The van der Waals surface area contributed by atoms with E-state index in [1.807, 2.05) is 0 Å². The zero-order chi connectivity index (χ0) is 17.1. The van der Waals surface area contributed by atoms with Crippen molar-refractivity contribution in [3.63, 3.8) is 0 Å². The van der Waals surface area contributed by atoms with E-state index in [2.05, 4.69) is 0 Å². The van der Waals surface area contributed by atoms with E-state index in [1.54, 1.807) is 29.2 Å². The van der Waals surface area contributed by atoms with Crippen LogP contribution in [0.15, 0.2) is 42.5 Å². The summed E-state index contributed by atoms with van der Waals surface area (Å²) in [5, 5.41) is 9.31. The second kappa shape index (κ2) is 6.97. The number of carbonyl (C=O) groups is 1. The quantitative estimate of drug-likeness (QED) is 0.933. The van der Waals surface area contributed by atoms with Gasteiger partial charge in [-0.25, -0.2) is 8.78 Å². The van der Waals surface area contributed by atoms with Gasteiger partial charge < -0.3 is 14.7 Å². The zero-order valence-corrected chi connectivity index (χ0v) is 12.9. The molecule has 4 nitrogen and oxygen atoms in total. The van der Waals surface area contributed by atoms with E-state index in [0.29, 0.717) is 17.9 Å². The van der Waals surface area contributed by atoms with Gasteiger partial charge in [-0.05, 0) is 49.2 Å².